The highest BCUT2D eigenvalue weighted by Crippen LogP contribution is 2.49. The maximum atomic E-state index is 2.42. The Morgan fingerprint density at radius 1 is 0.286 bits per heavy atom. The van der Waals surface area contributed by atoms with Crippen molar-refractivity contribution in [2.24, 2.45) is 0 Å². The molecule has 1 nitrogen and oxygen atoms in total. The van der Waals surface area contributed by atoms with E-state index in [1.165, 1.54) is 65.7 Å². The van der Waals surface area contributed by atoms with Gasteiger partial charge >= 0.3 is 0 Å². The van der Waals surface area contributed by atoms with Gasteiger partial charge in [0.1, 0.15) is 0 Å². The van der Waals surface area contributed by atoms with Crippen LogP contribution in [0.5, 0.6) is 0 Å². The molecule has 0 aliphatic rings. The largest absolute Gasteiger partial charge is 0.310 e. The van der Waals surface area contributed by atoms with Crippen LogP contribution in [0, 0.1) is 0 Å². The van der Waals surface area contributed by atoms with Crippen LogP contribution in [0.3, 0.4) is 0 Å². The third-order valence-corrected chi connectivity index (χ3v) is 9.65. The van der Waals surface area contributed by atoms with Gasteiger partial charge < -0.3 is 4.90 Å². The summed E-state index contributed by atoms with van der Waals surface area (Å²) < 4.78 is 0. The monoisotopic (exact) mass is 623 g/mol. The Kier molecular flexibility index (Phi) is 7.22. The third kappa shape index (κ3) is 5.13. The smallest absolute Gasteiger partial charge is 0.0546 e. The van der Waals surface area contributed by atoms with Gasteiger partial charge in [-0.15, -0.1) is 0 Å². The molecule has 0 spiro atoms. The zero-order valence-electron chi connectivity index (χ0n) is 27.0. The van der Waals surface area contributed by atoms with Crippen molar-refractivity contribution in [1.82, 2.24) is 0 Å². The van der Waals surface area contributed by atoms with Crippen LogP contribution in [0.15, 0.2) is 200 Å². The molecule has 1 heteroatoms. The molecule has 0 unspecified atom stereocenters. The number of rotatable bonds is 6. The standard InChI is InChI=1S/C48H33N/c1-3-15-34(16-4-1)35-29-31-39(32-30-35)49(38-20-5-2-6-21-38)47-28-14-27-45(43-26-13-19-36-17-7-9-22-40(36)43)48(47)46-33-37-18-8-10-23-41(37)42-24-11-12-25-44(42)46/h1-33H. The molecular weight excluding hydrogens is 591 g/mol. The number of fused-ring (bicyclic) bond motifs is 4. The molecule has 9 aromatic rings. The minimum Gasteiger partial charge on any atom is -0.310 e. The fourth-order valence-corrected chi connectivity index (χ4v) is 7.39. The van der Waals surface area contributed by atoms with Crippen LogP contribution in [0.25, 0.3) is 65.7 Å². The zero-order valence-corrected chi connectivity index (χ0v) is 27.0. The van der Waals surface area contributed by atoms with Crippen molar-refractivity contribution >= 4 is 49.4 Å². The van der Waals surface area contributed by atoms with Crippen molar-refractivity contribution in [3.8, 4) is 33.4 Å². The van der Waals surface area contributed by atoms with Gasteiger partial charge in [0, 0.05) is 16.9 Å². The Morgan fingerprint density at radius 3 is 1.59 bits per heavy atom. The van der Waals surface area contributed by atoms with E-state index in [-0.39, 0.29) is 0 Å². The fraction of sp³-hybridized carbons (Fsp3) is 0. The van der Waals surface area contributed by atoms with E-state index in [1.54, 1.807) is 0 Å². The predicted molar refractivity (Wildman–Crippen MR) is 210 cm³/mol. The van der Waals surface area contributed by atoms with E-state index in [0.717, 1.165) is 17.1 Å². The SMILES string of the molecule is c1ccc(-c2ccc(N(c3ccccc3)c3cccc(-c4cccc5ccccc45)c3-c3cc4ccccc4c4ccccc34)cc2)cc1. The summed E-state index contributed by atoms with van der Waals surface area (Å²) in [4.78, 5) is 2.42. The van der Waals surface area contributed by atoms with E-state index in [0.29, 0.717) is 0 Å². The van der Waals surface area contributed by atoms with Gasteiger partial charge in [0.15, 0.2) is 0 Å². The van der Waals surface area contributed by atoms with E-state index < -0.39 is 0 Å². The normalized spacial score (nSPS) is 11.3. The number of hydrogen-bond acceptors (Lipinski definition) is 1. The second kappa shape index (κ2) is 12.3. The third-order valence-electron chi connectivity index (χ3n) is 9.65. The van der Waals surface area contributed by atoms with Crippen LogP contribution in [-0.2, 0) is 0 Å². The van der Waals surface area contributed by atoms with E-state index in [9.17, 15) is 0 Å². The van der Waals surface area contributed by atoms with Crippen molar-refractivity contribution in [2.75, 3.05) is 4.90 Å². The first-order valence-electron chi connectivity index (χ1n) is 16.9. The Hall–Kier alpha value is -6.44. The van der Waals surface area contributed by atoms with Crippen molar-refractivity contribution in [3.63, 3.8) is 0 Å². The highest BCUT2D eigenvalue weighted by Gasteiger charge is 2.23. The zero-order chi connectivity index (χ0) is 32.6. The van der Waals surface area contributed by atoms with Gasteiger partial charge in [0.25, 0.3) is 0 Å². The Morgan fingerprint density at radius 2 is 0.816 bits per heavy atom. The lowest BCUT2D eigenvalue weighted by Crippen LogP contribution is -2.11. The summed E-state index contributed by atoms with van der Waals surface area (Å²) in [5.41, 5.74) is 10.6. The molecule has 230 valence electrons. The molecular formula is C48H33N. The minimum atomic E-state index is 1.10. The number of para-hydroxylation sites is 1. The molecule has 0 fully saturated rings. The van der Waals surface area contributed by atoms with Gasteiger partial charge in [-0.25, -0.2) is 0 Å². The van der Waals surface area contributed by atoms with Crippen LogP contribution >= 0.6 is 0 Å². The van der Waals surface area contributed by atoms with Gasteiger partial charge in [0.05, 0.1) is 5.69 Å². The summed E-state index contributed by atoms with van der Waals surface area (Å²) in [6.45, 7) is 0. The Labute approximate surface area is 287 Å². The van der Waals surface area contributed by atoms with Gasteiger partial charge in [-0.3, -0.25) is 0 Å². The number of hydrogen-bond donors (Lipinski definition) is 0. The van der Waals surface area contributed by atoms with Gasteiger partial charge in [0.2, 0.25) is 0 Å². The van der Waals surface area contributed by atoms with Crippen LogP contribution < -0.4 is 4.90 Å². The van der Waals surface area contributed by atoms with Crippen LogP contribution in [0.2, 0.25) is 0 Å². The second-order valence-corrected chi connectivity index (χ2v) is 12.5. The van der Waals surface area contributed by atoms with Crippen LogP contribution in [0.4, 0.5) is 17.1 Å². The van der Waals surface area contributed by atoms with Crippen molar-refractivity contribution in [1.29, 1.82) is 0 Å². The molecule has 9 aromatic carbocycles. The average Bonchev–Trinajstić information content (AvgIpc) is 3.18. The summed E-state index contributed by atoms with van der Waals surface area (Å²) in [6, 6.07) is 72.5. The molecule has 49 heavy (non-hydrogen) atoms. The molecule has 0 saturated carbocycles. The average molecular weight is 624 g/mol. The fourth-order valence-electron chi connectivity index (χ4n) is 7.39. The summed E-state index contributed by atoms with van der Waals surface area (Å²) in [5.74, 6) is 0. The predicted octanol–water partition coefficient (Wildman–Crippen LogP) is 13.6. The first-order chi connectivity index (χ1) is 24.3. The van der Waals surface area contributed by atoms with Crippen molar-refractivity contribution in [2.45, 2.75) is 0 Å². The second-order valence-electron chi connectivity index (χ2n) is 12.5. The Balaban J connectivity index is 1.38. The lowest BCUT2D eigenvalue weighted by molar-refractivity contribution is 1.28. The maximum Gasteiger partial charge on any atom is 0.0546 e. The molecule has 0 aromatic heterocycles. The summed E-state index contributed by atoms with van der Waals surface area (Å²) in [6.07, 6.45) is 0. The first kappa shape index (κ1) is 28.8. The highest BCUT2D eigenvalue weighted by molar-refractivity contribution is 6.17. The molecule has 0 atom stereocenters. The van der Waals surface area contributed by atoms with Crippen LogP contribution in [0.1, 0.15) is 0 Å². The maximum absolute atomic E-state index is 2.42. The Bertz CT molecular complexity index is 2580. The van der Waals surface area contributed by atoms with E-state index in [4.69, 9.17) is 0 Å². The molecule has 0 N–H and O–H groups in total. The molecule has 9 rings (SSSR count). The summed E-state index contributed by atoms with van der Waals surface area (Å²) >= 11 is 0. The van der Waals surface area contributed by atoms with Gasteiger partial charge in [-0.1, -0.05) is 164 Å². The molecule has 0 aliphatic heterocycles. The minimum absolute atomic E-state index is 1.10. The molecule has 0 aliphatic carbocycles. The number of anilines is 3. The van der Waals surface area contributed by atoms with Crippen LogP contribution in [-0.4, -0.2) is 0 Å². The number of nitrogens with zero attached hydrogens (tertiary/aromatic N) is 1. The van der Waals surface area contributed by atoms with E-state index in [1.807, 2.05) is 0 Å². The van der Waals surface area contributed by atoms with Crippen molar-refractivity contribution < 1.29 is 0 Å². The molecule has 0 amide bonds. The highest BCUT2D eigenvalue weighted by atomic mass is 15.1. The lowest BCUT2D eigenvalue weighted by Gasteiger charge is -2.30. The topological polar surface area (TPSA) is 3.24 Å². The number of benzene rings is 9. The molecule has 0 bridgehead atoms. The first-order valence-corrected chi connectivity index (χ1v) is 16.9. The lowest BCUT2D eigenvalue weighted by atomic mass is 9.86. The summed E-state index contributed by atoms with van der Waals surface area (Å²) in [5, 5.41) is 7.47. The quantitative estimate of drug-likeness (QED) is 0.167. The van der Waals surface area contributed by atoms with E-state index in [2.05, 4.69) is 205 Å². The molecule has 0 saturated heterocycles. The molecule has 0 radical (unpaired) electrons. The van der Waals surface area contributed by atoms with Gasteiger partial charge in [-0.2, -0.15) is 0 Å². The van der Waals surface area contributed by atoms with Gasteiger partial charge in [-0.05, 0) is 96.5 Å². The molecule has 0 heterocycles. The van der Waals surface area contributed by atoms with Crippen molar-refractivity contribution in [3.05, 3.63) is 200 Å². The van der Waals surface area contributed by atoms with E-state index >= 15 is 0 Å². The summed E-state index contributed by atoms with van der Waals surface area (Å²) in [7, 11) is 0.